The predicted molar refractivity (Wildman–Crippen MR) is 155 cm³/mol. The number of rotatable bonds is 20. The fraction of sp³-hybridized carbons (Fsp3) is 0.897. The molecule has 1 saturated carbocycles. The molecule has 1 aliphatic rings. The summed E-state index contributed by atoms with van der Waals surface area (Å²) >= 11 is 0. The van der Waals surface area contributed by atoms with Crippen LogP contribution in [0.1, 0.15) is 105 Å². The Kier molecular flexibility index (Phi) is 28.9. The zero-order valence-electron chi connectivity index (χ0n) is 25.4. The number of unbranched alkanes of at least 4 members (excludes halogenated alkanes) is 3. The van der Waals surface area contributed by atoms with Crippen molar-refractivity contribution < 1.29 is 24.0 Å². The molecular formula is C29H60N4O5. The third-order valence-corrected chi connectivity index (χ3v) is 6.29. The minimum Gasteiger partial charge on any atom is -0.357 e. The summed E-state index contributed by atoms with van der Waals surface area (Å²) in [5.41, 5.74) is 7.40. The Bertz CT molecular complexity index is 531. The molecule has 0 heterocycles. The summed E-state index contributed by atoms with van der Waals surface area (Å²) in [6.07, 6.45) is 15.5. The maximum atomic E-state index is 11.1. The second-order valence-electron chi connectivity index (χ2n) is 10.7. The lowest BCUT2D eigenvalue weighted by Gasteiger charge is -2.31. The van der Waals surface area contributed by atoms with Crippen LogP contribution in [0.3, 0.4) is 0 Å². The molecule has 38 heavy (non-hydrogen) atoms. The van der Waals surface area contributed by atoms with Crippen LogP contribution in [0.25, 0.3) is 0 Å². The molecule has 9 heteroatoms. The number of ether oxygens (including phenoxy) is 1. The fourth-order valence-corrected chi connectivity index (χ4v) is 4.15. The molecule has 0 radical (unpaired) electrons. The molecule has 2 unspecified atom stereocenters. The predicted octanol–water partition coefficient (Wildman–Crippen LogP) is 4.53. The topological polar surface area (TPSA) is 114 Å². The number of likely N-dealkylation sites (N-methyl/N-ethyl adjacent to an activating group) is 1. The number of carbonyl (C=O) groups is 3. The highest BCUT2D eigenvalue weighted by atomic mass is 16.7. The number of hydrogen-bond acceptors (Lipinski definition) is 7. The molecule has 1 rings (SSSR count). The molecule has 0 aromatic carbocycles. The van der Waals surface area contributed by atoms with Crippen LogP contribution >= 0.6 is 0 Å². The van der Waals surface area contributed by atoms with Gasteiger partial charge in [0.2, 0.25) is 12.8 Å². The van der Waals surface area contributed by atoms with Gasteiger partial charge in [0.1, 0.15) is 12.5 Å². The Morgan fingerprint density at radius 1 is 1.00 bits per heavy atom. The number of nitrogens with zero attached hydrogens (tertiary/aromatic N) is 2. The molecule has 2 atom stereocenters. The molecule has 0 aromatic rings. The first-order valence-corrected chi connectivity index (χ1v) is 14.8. The first-order valence-electron chi connectivity index (χ1n) is 14.8. The van der Waals surface area contributed by atoms with Crippen LogP contribution < -0.4 is 11.2 Å². The summed E-state index contributed by atoms with van der Waals surface area (Å²) in [5.74, 6) is 1.20. The molecule has 3 N–H and O–H groups in total. The van der Waals surface area contributed by atoms with Gasteiger partial charge in [0.25, 0.3) is 0 Å². The van der Waals surface area contributed by atoms with Gasteiger partial charge in [-0.15, -0.1) is 0 Å². The van der Waals surface area contributed by atoms with E-state index in [4.69, 9.17) is 15.3 Å². The second-order valence-corrected chi connectivity index (χ2v) is 10.7. The largest absolute Gasteiger partial charge is 0.357 e. The number of hydrogen-bond donors (Lipinski definition) is 2. The quantitative estimate of drug-likeness (QED) is 0.100. The number of carbonyl (C=O) groups excluding carboxylic acids is 3. The zero-order chi connectivity index (χ0) is 29.0. The van der Waals surface area contributed by atoms with Gasteiger partial charge < -0.3 is 25.1 Å². The third kappa shape index (κ3) is 24.8. The number of nitrogens with two attached hydrogens (primary N) is 1. The molecule has 1 aliphatic carbocycles. The summed E-state index contributed by atoms with van der Waals surface area (Å²) < 4.78 is 5.78. The Labute approximate surface area is 233 Å². The zero-order valence-corrected chi connectivity index (χ0v) is 25.4. The van der Waals surface area contributed by atoms with Gasteiger partial charge in [-0.3, -0.25) is 14.4 Å². The molecule has 0 saturated heterocycles. The van der Waals surface area contributed by atoms with E-state index in [-0.39, 0.29) is 18.9 Å². The highest BCUT2D eigenvalue weighted by Crippen LogP contribution is 2.27. The Balaban J connectivity index is 0. The Morgan fingerprint density at radius 3 is 2.13 bits per heavy atom. The normalized spacial score (nSPS) is 15.0. The van der Waals surface area contributed by atoms with Gasteiger partial charge in [0.15, 0.2) is 0 Å². The maximum absolute atomic E-state index is 11.1. The smallest absolute Gasteiger partial charge is 0.230 e. The van der Waals surface area contributed by atoms with E-state index in [9.17, 15) is 14.4 Å². The van der Waals surface area contributed by atoms with E-state index in [0.29, 0.717) is 31.9 Å². The van der Waals surface area contributed by atoms with Crippen LogP contribution in [0.2, 0.25) is 0 Å². The summed E-state index contributed by atoms with van der Waals surface area (Å²) in [6.45, 7) is 13.5. The fourth-order valence-electron chi connectivity index (χ4n) is 4.15. The summed E-state index contributed by atoms with van der Waals surface area (Å²) in [7, 11) is 2.02. The van der Waals surface area contributed by atoms with Crippen LogP contribution in [0.5, 0.6) is 0 Å². The van der Waals surface area contributed by atoms with Crippen molar-refractivity contribution in [2.75, 3.05) is 39.8 Å². The van der Waals surface area contributed by atoms with E-state index in [0.717, 1.165) is 38.1 Å². The molecule has 0 aromatic heterocycles. The SMILES string of the molecule is CC(CC1CCCCC1)ONC=O.CCCCCN(C)CC(OCC(C)C)N(C=O)CC=O.CCCCN. The lowest BCUT2D eigenvalue weighted by atomic mass is 9.86. The van der Waals surface area contributed by atoms with Gasteiger partial charge in [0, 0.05) is 6.54 Å². The van der Waals surface area contributed by atoms with E-state index >= 15 is 0 Å². The van der Waals surface area contributed by atoms with Crippen molar-refractivity contribution in [3.05, 3.63) is 0 Å². The molecular weight excluding hydrogens is 484 g/mol. The average molecular weight is 545 g/mol. The summed E-state index contributed by atoms with van der Waals surface area (Å²) in [5, 5.41) is 0. The minimum atomic E-state index is -0.355. The van der Waals surface area contributed by atoms with Gasteiger partial charge in [-0.2, -0.15) is 0 Å². The van der Waals surface area contributed by atoms with Crippen molar-refractivity contribution in [1.82, 2.24) is 15.3 Å². The third-order valence-electron chi connectivity index (χ3n) is 6.29. The molecule has 2 amide bonds. The number of nitrogens with one attached hydrogen (secondary N) is 1. The maximum Gasteiger partial charge on any atom is 0.230 e. The molecule has 0 aliphatic heterocycles. The minimum absolute atomic E-state index is 0.0784. The molecule has 226 valence electrons. The number of hydroxylamine groups is 1. The first kappa shape index (κ1) is 38.6. The van der Waals surface area contributed by atoms with Crippen molar-refractivity contribution in [2.24, 2.45) is 17.6 Å². The Morgan fingerprint density at radius 2 is 1.66 bits per heavy atom. The van der Waals surface area contributed by atoms with Crippen LogP contribution in [0, 0.1) is 11.8 Å². The highest BCUT2D eigenvalue weighted by Gasteiger charge is 2.20. The van der Waals surface area contributed by atoms with Gasteiger partial charge in [-0.05, 0) is 58.2 Å². The highest BCUT2D eigenvalue weighted by molar-refractivity contribution is 5.59. The van der Waals surface area contributed by atoms with Crippen LogP contribution in [-0.2, 0) is 24.0 Å². The van der Waals surface area contributed by atoms with Crippen molar-refractivity contribution in [2.45, 2.75) is 118 Å². The lowest BCUT2D eigenvalue weighted by molar-refractivity contribution is -0.139. The Hall–Kier alpha value is -1.55. The van der Waals surface area contributed by atoms with Crippen LogP contribution in [-0.4, -0.2) is 81.1 Å². The number of aldehydes is 1. The summed E-state index contributed by atoms with van der Waals surface area (Å²) in [4.78, 5) is 40.4. The molecule has 9 nitrogen and oxygen atoms in total. The monoisotopic (exact) mass is 544 g/mol. The summed E-state index contributed by atoms with van der Waals surface area (Å²) in [6, 6.07) is 0. The van der Waals surface area contributed by atoms with Gasteiger partial charge in [0.05, 0.1) is 19.3 Å². The molecule has 0 bridgehead atoms. The van der Waals surface area contributed by atoms with Crippen LogP contribution in [0.4, 0.5) is 0 Å². The van der Waals surface area contributed by atoms with E-state index < -0.39 is 0 Å². The van der Waals surface area contributed by atoms with Gasteiger partial charge in [-0.1, -0.05) is 79.1 Å². The average Bonchev–Trinajstić information content (AvgIpc) is 2.90. The first-order chi connectivity index (χ1) is 18.3. The standard InChI is InChI=1S/C15H30N2O3.C10H19NO2.C4H11N/c1-5-6-7-8-16(4)11-15(20-12-14(2)3)17(13-19)9-10-18;1-9(13-11-8-12)7-10-5-3-2-4-6-10;1-2-3-4-5/h10,13-15H,5-9,11-12H2,1-4H3;8-10H,2-7H2,1H3,(H,11,12);2-5H2,1H3. The number of amides is 2. The van der Waals surface area contributed by atoms with Gasteiger partial charge >= 0.3 is 0 Å². The lowest BCUT2D eigenvalue weighted by Crippen LogP contribution is -2.45. The van der Waals surface area contributed by atoms with Crippen molar-refractivity contribution in [3.63, 3.8) is 0 Å². The van der Waals surface area contributed by atoms with Crippen LogP contribution in [0.15, 0.2) is 0 Å². The van der Waals surface area contributed by atoms with E-state index in [1.807, 2.05) is 14.0 Å². The van der Waals surface area contributed by atoms with Gasteiger partial charge in [-0.25, -0.2) is 5.48 Å². The van der Waals surface area contributed by atoms with Crippen molar-refractivity contribution >= 4 is 19.1 Å². The van der Waals surface area contributed by atoms with E-state index in [2.05, 4.69) is 38.1 Å². The van der Waals surface area contributed by atoms with Crippen molar-refractivity contribution in [3.8, 4) is 0 Å². The van der Waals surface area contributed by atoms with E-state index in [1.54, 1.807) is 0 Å². The molecule has 0 spiro atoms. The second kappa shape index (κ2) is 28.5. The van der Waals surface area contributed by atoms with E-state index in [1.165, 1.54) is 62.7 Å². The molecule has 1 fully saturated rings. The van der Waals surface area contributed by atoms with Crippen molar-refractivity contribution in [1.29, 1.82) is 0 Å².